The number of nitrogens with zero attached hydrogens (tertiary/aromatic N) is 3. The van der Waals surface area contributed by atoms with E-state index in [0.717, 1.165) is 18.8 Å². The number of aromatic amines is 1. The molecule has 16 heavy (non-hydrogen) atoms. The van der Waals surface area contributed by atoms with Crippen LogP contribution in [0.5, 0.6) is 5.75 Å². The summed E-state index contributed by atoms with van der Waals surface area (Å²) in [5.41, 5.74) is 0. The molecule has 0 aliphatic carbocycles. The Morgan fingerprint density at radius 2 is 2.12 bits per heavy atom. The third-order valence-electron chi connectivity index (χ3n) is 2.06. The van der Waals surface area contributed by atoms with Gasteiger partial charge in [0.25, 0.3) is 0 Å². The number of hydrogen-bond acceptors (Lipinski definition) is 5. The maximum atomic E-state index is 4.96. The van der Waals surface area contributed by atoms with Gasteiger partial charge in [-0.15, -0.1) is 0 Å². The Kier molecular flexibility index (Phi) is 3.32. The van der Waals surface area contributed by atoms with Gasteiger partial charge in [-0.1, -0.05) is 0 Å². The highest BCUT2D eigenvalue weighted by Gasteiger charge is 1.98. The quantitative estimate of drug-likeness (QED) is 0.780. The summed E-state index contributed by atoms with van der Waals surface area (Å²) in [5.74, 6) is 2.19. The second-order valence-corrected chi connectivity index (χ2v) is 3.16. The lowest BCUT2D eigenvalue weighted by Crippen LogP contribution is -2.08. The second kappa shape index (κ2) is 5.11. The van der Waals surface area contributed by atoms with Gasteiger partial charge in [-0.25, -0.2) is 15.0 Å². The van der Waals surface area contributed by atoms with E-state index in [2.05, 4.69) is 25.3 Å². The molecule has 84 valence electrons. The number of imidazole rings is 1. The van der Waals surface area contributed by atoms with Crippen molar-refractivity contribution in [3.63, 3.8) is 0 Å². The molecule has 0 unspecified atom stereocenters. The van der Waals surface area contributed by atoms with Gasteiger partial charge in [0.05, 0.1) is 19.5 Å². The lowest BCUT2D eigenvalue weighted by atomic mass is 10.4. The summed E-state index contributed by atoms with van der Waals surface area (Å²) in [6.07, 6.45) is 7.60. The first-order valence-corrected chi connectivity index (χ1v) is 4.96. The van der Waals surface area contributed by atoms with Crippen molar-refractivity contribution < 1.29 is 4.74 Å². The first-order valence-electron chi connectivity index (χ1n) is 4.96. The fourth-order valence-corrected chi connectivity index (χ4v) is 1.24. The van der Waals surface area contributed by atoms with Crippen molar-refractivity contribution in [3.05, 3.63) is 30.6 Å². The standard InChI is InChI=1S/C10H13N5O/c1-16-8-6-14-10(15-7-8)13-3-2-9-11-4-5-12-9/h4-7H,2-3H2,1H3,(H,11,12)(H,13,14,15). The molecule has 2 rings (SSSR count). The van der Waals surface area contributed by atoms with Crippen LogP contribution in [-0.2, 0) is 6.42 Å². The van der Waals surface area contributed by atoms with Gasteiger partial charge in [0.1, 0.15) is 5.82 Å². The average Bonchev–Trinajstić information content (AvgIpc) is 2.83. The zero-order valence-electron chi connectivity index (χ0n) is 8.97. The largest absolute Gasteiger partial charge is 0.494 e. The van der Waals surface area contributed by atoms with Crippen molar-refractivity contribution in [3.8, 4) is 5.75 Å². The van der Waals surface area contributed by atoms with E-state index >= 15 is 0 Å². The topological polar surface area (TPSA) is 75.7 Å². The molecule has 0 saturated carbocycles. The highest BCUT2D eigenvalue weighted by Crippen LogP contribution is 2.06. The predicted molar refractivity (Wildman–Crippen MR) is 59.4 cm³/mol. The fourth-order valence-electron chi connectivity index (χ4n) is 1.24. The Morgan fingerprint density at radius 3 is 2.75 bits per heavy atom. The molecule has 0 bridgehead atoms. The molecule has 0 spiro atoms. The lowest BCUT2D eigenvalue weighted by Gasteiger charge is -2.03. The monoisotopic (exact) mass is 219 g/mol. The molecule has 0 aromatic carbocycles. The van der Waals surface area contributed by atoms with Crippen LogP contribution in [-0.4, -0.2) is 33.6 Å². The van der Waals surface area contributed by atoms with Crippen LogP contribution in [0.25, 0.3) is 0 Å². The summed E-state index contributed by atoms with van der Waals surface area (Å²) in [4.78, 5) is 15.3. The van der Waals surface area contributed by atoms with Crippen LogP contribution in [0.2, 0.25) is 0 Å². The molecule has 0 saturated heterocycles. The van der Waals surface area contributed by atoms with Gasteiger partial charge in [-0.05, 0) is 0 Å². The maximum Gasteiger partial charge on any atom is 0.222 e. The van der Waals surface area contributed by atoms with Gasteiger partial charge < -0.3 is 15.0 Å². The third-order valence-corrected chi connectivity index (χ3v) is 2.06. The molecule has 2 heterocycles. The van der Waals surface area contributed by atoms with Crippen LogP contribution < -0.4 is 10.1 Å². The Hall–Kier alpha value is -2.11. The molecule has 0 fully saturated rings. The first kappa shape index (κ1) is 10.4. The van der Waals surface area contributed by atoms with E-state index in [1.54, 1.807) is 31.9 Å². The van der Waals surface area contributed by atoms with Crippen LogP contribution in [0.1, 0.15) is 5.82 Å². The average molecular weight is 219 g/mol. The van der Waals surface area contributed by atoms with Crippen molar-refractivity contribution >= 4 is 5.95 Å². The lowest BCUT2D eigenvalue weighted by molar-refractivity contribution is 0.411. The number of hydrogen-bond donors (Lipinski definition) is 2. The van der Waals surface area contributed by atoms with Gasteiger partial charge >= 0.3 is 0 Å². The molecule has 6 heteroatoms. The summed E-state index contributed by atoms with van der Waals surface area (Å²) < 4.78 is 4.96. The number of anilines is 1. The highest BCUT2D eigenvalue weighted by molar-refractivity contribution is 5.26. The van der Waals surface area contributed by atoms with Crippen molar-refractivity contribution in [2.24, 2.45) is 0 Å². The Morgan fingerprint density at radius 1 is 1.31 bits per heavy atom. The molecule has 0 aliphatic heterocycles. The molecule has 6 nitrogen and oxygen atoms in total. The number of H-pyrrole nitrogens is 1. The third kappa shape index (κ3) is 2.69. The molecule has 2 N–H and O–H groups in total. The normalized spacial score (nSPS) is 10.1. The summed E-state index contributed by atoms with van der Waals surface area (Å²) in [6, 6.07) is 0. The van der Waals surface area contributed by atoms with Crippen LogP contribution in [0, 0.1) is 0 Å². The molecular weight excluding hydrogens is 206 g/mol. The minimum absolute atomic E-state index is 0.590. The number of methoxy groups -OCH3 is 1. The van der Waals surface area contributed by atoms with Crippen molar-refractivity contribution in [2.75, 3.05) is 19.0 Å². The van der Waals surface area contributed by atoms with Gasteiger partial charge in [0, 0.05) is 25.4 Å². The van der Waals surface area contributed by atoms with E-state index in [1.807, 2.05) is 0 Å². The van der Waals surface area contributed by atoms with Gasteiger partial charge in [0.15, 0.2) is 5.75 Å². The summed E-state index contributed by atoms with van der Waals surface area (Å²) in [7, 11) is 1.59. The Labute approximate surface area is 93.1 Å². The molecule has 0 radical (unpaired) electrons. The van der Waals surface area contributed by atoms with Crippen molar-refractivity contribution in [1.82, 2.24) is 19.9 Å². The molecular formula is C10H13N5O. The Balaban J connectivity index is 1.81. The van der Waals surface area contributed by atoms with E-state index in [0.29, 0.717) is 11.7 Å². The molecule has 0 atom stereocenters. The molecule has 0 aliphatic rings. The van der Waals surface area contributed by atoms with E-state index < -0.39 is 0 Å². The minimum atomic E-state index is 0.590. The highest BCUT2D eigenvalue weighted by atomic mass is 16.5. The number of rotatable bonds is 5. The van der Waals surface area contributed by atoms with Crippen LogP contribution in [0.15, 0.2) is 24.8 Å². The molecule has 2 aromatic rings. The Bertz CT molecular complexity index is 411. The minimum Gasteiger partial charge on any atom is -0.494 e. The number of ether oxygens (including phenoxy) is 1. The number of aromatic nitrogens is 4. The first-order chi connectivity index (χ1) is 7.88. The predicted octanol–water partition coefficient (Wildman–Crippen LogP) is 0.863. The zero-order chi connectivity index (χ0) is 11.2. The van der Waals surface area contributed by atoms with Crippen molar-refractivity contribution in [1.29, 1.82) is 0 Å². The van der Waals surface area contributed by atoms with Crippen molar-refractivity contribution in [2.45, 2.75) is 6.42 Å². The fraction of sp³-hybridized carbons (Fsp3) is 0.300. The van der Waals surface area contributed by atoms with E-state index in [4.69, 9.17) is 4.74 Å². The van der Waals surface area contributed by atoms with E-state index in [9.17, 15) is 0 Å². The van der Waals surface area contributed by atoms with E-state index in [-0.39, 0.29) is 0 Å². The van der Waals surface area contributed by atoms with Crippen LogP contribution in [0.3, 0.4) is 0 Å². The van der Waals surface area contributed by atoms with Gasteiger partial charge in [-0.2, -0.15) is 0 Å². The molecule has 2 aromatic heterocycles. The van der Waals surface area contributed by atoms with Gasteiger partial charge in [-0.3, -0.25) is 0 Å². The SMILES string of the molecule is COc1cnc(NCCc2ncc[nH]2)nc1. The summed E-state index contributed by atoms with van der Waals surface area (Å²) in [5, 5.41) is 3.10. The van der Waals surface area contributed by atoms with Crippen LogP contribution >= 0.6 is 0 Å². The zero-order valence-corrected chi connectivity index (χ0v) is 8.97. The summed E-state index contributed by atoms with van der Waals surface area (Å²) >= 11 is 0. The van der Waals surface area contributed by atoms with Crippen LogP contribution in [0.4, 0.5) is 5.95 Å². The van der Waals surface area contributed by atoms with Gasteiger partial charge in [0.2, 0.25) is 5.95 Å². The molecule has 0 amide bonds. The smallest absolute Gasteiger partial charge is 0.222 e. The summed E-state index contributed by atoms with van der Waals surface area (Å²) in [6.45, 7) is 0.736. The second-order valence-electron chi connectivity index (χ2n) is 3.16. The maximum absolute atomic E-state index is 4.96. The van der Waals surface area contributed by atoms with E-state index in [1.165, 1.54) is 0 Å². The number of nitrogens with one attached hydrogen (secondary N) is 2.